The lowest BCUT2D eigenvalue weighted by Gasteiger charge is -2.42. The number of hydrogen-bond acceptors (Lipinski definition) is 6. The van der Waals surface area contributed by atoms with Crippen LogP contribution in [0.15, 0.2) is 60.7 Å². The molecule has 1 unspecified atom stereocenters. The smallest absolute Gasteiger partial charge is 0.127 e. The van der Waals surface area contributed by atoms with Gasteiger partial charge in [0.1, 0.15) is 35.2 Å². The molecule has 226 valence electrons. The SMILES string of the molecule is CCN(Cc1ccc(OCCN2CCCCCC2)cc1)c1cc(OC)ccc1C1Cc2ccc(OC)cc2OC1(C)C. The lowest BCUT2D eigenvalue weighted by Crippen LogP contribution is -2.41. The lowest BCUT2D eigenvalue weighted by molar-refractivity contribution is 0.0612. The second-order valence-corrected chi connectivity index (χ2v) is 12.1. The summed E-state index contributed by atoms with van der Waals surface area (Å²) in [4.78, 5) is 4.98. The number of fused-ring (bicyclic) bond motifs is 1. The standard InChI is InChI=1S/C36H48N2O4/c1-6-38(26-27-11-14-29(15-12-27)41-22-21-37-19-9-7-8-10-20-37)34-24-30(39-4)17-18-32(34)33-23-28-13-16-31(40-5)25-35(28)42-36(33,2)3/h11-18,24-25,33H,6-10,19-23,26H2,1-5H3. The summed E-state index contributed by atoms with van der Waals surface area (Å²) < 4.78 is 23.9. The highest BCUT2D eigenvalue weighted by molar-refractivity contribution is 5.61. The first-order valence-corrected chi connectivity index (χ1v) is 15.6. The Hall–Kier alpha value is -3.38. The lowest BCUT2D eigenvalue weighted by atomic mass is 9.77. The first-order valence-electron chi connectivity index (χ1n) is 15.6. The second kappa shape index (κ2) is 13.7. The molecule has 0 spiro atoms. The van der Waals surface area contributed by atoms with E-state index in [2.05, 4.69) is 79.1 Å². The van der Waals surface area contributed by atoms with Crippen molar-refractivity contribution in [2.24, 2.45) is 0 Å². The molecule has 0 aromatic heterocycles. The van der Waals surface area contributed by atoms with Gasteiger partial charge in [-0.05, 0) is 94.1 Å². The van der Waals surface area contributed by atoms with E-state index in [4.69, 9.17) is 18.9 Å². The zero-order valence-corrected chi connectivity index (χ0v) is 26.2. The summed E-state index contributed by atoms with van der Waals surface area (Å²) in [6, 6.07) is 21.3. The Kier molecular flexibility index (Phi) is 9.84. The average molecular weight is 573 g/mol. The molecule has 3 aromatic rings. The minimum absolute atomic E-state index is 0.174. The molecule has 2 heterocycles. The molecule has 6 heteroatoms. The van der Waals surface area contributed by atoms with Crippen molar-refractivity contribution < 1.29 is 18.9 Å². The first-order chi connectivity index (χ1) is 20.4. The largest absolute Gasteiger partial charge is 0.497 e. The number of rotatable bonds is 11. The van der Waals surface area contributed by atoms with E-state index in [1.807, 2.05) is 12.1 Å². The Morgan fingerprint density at radius 3 is 2.21 bits per heavy atom. The zero-order chi connectivity index (χ0) is 29.5. The van der Waals surface area contributed by atoms with Gasteiger partial charge in [-0.15, -0.1) is 0 Å². The normalized spacial score (nSPS) is 18.4. The molecule has 0 aliphatic carbocycles. The van der Waals surface area contributed by atoms with E-state index in [9.17, 15) is 0 Å². The van der Waals surface area contributed by atoms with Gasteiger partial charge in [-0.3, -0.25) is 4.90 Å². The molecule has 0 bridgehead atoms. The number of methoxy groups -OCH3 is 2. The van der Waals surface area contributed by atoms with E-state index in [0.29, 0.717) is 0 Å². The molecular formula is C36H48N2O4. The molecule has 1 saturated heterocycles. The van der Waals surface area contributed by atoms with Crippen LogP contribution in [-0.2, 0) is 13.0 Å². The highest BCUT2D eigenvalue weighted by Gasteiger charge is 2.39. The Morgan fingerprint density at radius 2 is 1.52 bits per heavy atom. The molecule has 42 heavy (non-hydrogen) atoms. The molecule has 6 nitrogen and oxygen atoms in total. The van der Waals surface area contributed by atoms with Crippen LogP contribution in [0.3, 0.4) is 0 Å². The molecule has 0 saturated carbocycles. The highest BCUT2D eigenvalue weighted by Crippen LogP contribution is 2.46. The monoisotopic (exact) mass is 572 g/mol. The molecule has 0 amide bonds. The third-order valence-electron chi connectivity index (χ3n) is 8.92. The van der Waals surface area contributed by atoms with E-state index in [1.165, 1.54) is 61.2 Å². The predicted octanol–water partition coefficient (Wildman–Crippen LogP) is 7.48. The molecule has 2 aliphatic rings. The summed E-state index contributed by atoms with van der Waals surface area (Å²) in [5.41, 5.74) is 4.53. The molecule has 0 radical (unpaired) electrons. The van der Waals surface area contributed by atoms with Crippen molar-refractivity contribution in [3.05, 3.63) is 77.4 Å². The van der Waals surface area contributed by atoms with Crippen molar-refractivity contribution in [1.82, 2.24) is 4.90 Å². The summed E-state index contributed by atoms with van der Waals surface area (Å²) in [5.74, 6) is 3.70. The summed E-state index contributed by atoms with van der Waals surface area (Å²) in [7, 11) is 3.43. The van der Waals surface area contributed by atoms with Crippen LogP contribution < -0.4 is 23.8 Å². The maximum atomic E-state index is 6.62. The quantitative estimate of drug-likeness (QED) is 0.237. The topological polar surface area (TPSA) is 43.4 Å². The van der Waals surface area contributed by atoms with Gasteiger partial charge in [-0.1, -0.05) is 37.1 Å². The molecule has 5 rings (SSSR count). The Bertz CT molecular complexity index is 1300. The third kappa shape index (κ3) is 7.15. The summed E-state index contributed by atoms with van der Waals surface area (Å²) in [6.45, 7) is 12.4. The van der Waals surface area contributed by atoms with Gasteiger partial charge in [0, 0.05) is 43.4 Å². The van der Waals surface area contributed by atoms with Gasteiger partial charge in [-0.2, -0.15) is 0 Å². The van der Waals surface area contributed by atoms with E-state index < -0.39 is 5.60 Å². The molecule has 1 atom stereocenters. The van der Waals surface area contributed by atoms with Crippen LogP contribution in [0.1, 0.15) is 69.1 Å². The fourth-order valence-corrected chi connectivity index (χ4v) is 6.38. The minimum atomic E-state index is -0.394. The Balaban J connectivity index is 1.31. The van der Waals surface area contributed by atoms with Gasteiger partial charge in [-0.25, -0.2) is 0 Å². The second-order valence-electron chi connectivity index (χ2n) is 12.1. The van der Waals surface area contributed by atoms with E-state index in [1.54, 1.807) is 14.2 Å². The third-order valence-corrected chi connectivity index (χ3v) is 8.92. The van der Waals surface area contributed by atoms with Crippen molar-refractivity contribution in [1.29, 1.82) is 0 Å². The van der Waals surface area contributed by atoms with Crippen molar-refractivity contribution >= 4 is 5.69 Å². The van der Waals surface area contributed by atoms with Gasteiger partial charge < -0.3 is 23.8 Å². The van der Waals surface area contributed by atoms with Crippen LogP contribution in [0.2, 0.25) is 0 Å². The fraction of sp³-hybridized carbons (Fsp3) is 0.500. The number of benzene rings is 3. The van der Waals surface area contributed by atoms with Crippen LogP contribution in [0.25, 0.3) is 0 Å². The Labute approximate surface area is 252 Å². The zero-order valence-electron chi connectivity index (χ0n) is 26.2. The van der Waals surface area contributed by atoms with Gasteiger partial charge in [0.2, 0.25) is 0 Å². The van der Waals surface area contributed by atoms with E-state index >= 15 is 0 Å². The highest BCUT2D eigenvalue weighted by atomic mass is 16.5. The number of likely N-dealkylation sites (tertiary alicyclic amines) is 1. The number of anilines is 1. The molecule has 0 N–H and O–H groups in total. The predicted molar refractivity (Wildman–Crippen MR) is 171 cm³/mol. The van der Waals surface area contributed by atoms with Crippen LogP contribution >= 0.6 is 0 Å². The average Bonchev–Trinajstić information content (AvgIpc) is 3.28. The van der Waals surface area contributed by atoms with Crippen molar-refractivity contribution in [2.75, 3.05) is 51.9 Å². The van der Waals surface area contributed by atoms with Gasteiger partial charge in [0.05, 0.1) is 14.2 Å². The van der Waals surface area contributed by atoms with Crippen molar-refractivity contribution in [3.63, 3.8) is 0 Å². The van der Waals surface area contributed by atoms with Gasteiger partial charge in [0.15, 0.2) is 0 Å². The fourth-order valence-electron chi connectivity index (χ4n) is 6.38. The first kappa shape index (κ1) is 30.1. The number of ether oxygens (including phenoxy) is 4. The van der Waals surface area contributed by atoms with Gasteiger partial charge >= 0.3 is 0 Å². The summed E-state index contributed by atoms with van der Waals surface area (Å²) in [5, 5.41) is 0. The summed E-state index contributed by atoms with van der Waals surface area (Å²) in [6.07, 6.45) is 6.24. The minimum Gasteiger partial charge on any atom is -0.497 e. The van der Waals surface area contributed by atoms with E-state index in [-0.39, 0.29) is 5.92 Å². The van der Waals surface area contributed by atoms with E-state index in [0.717, 1.165) is 55.7 Å². The van der Waals surface area contributed by atoms with Crippen LogP contribution in [0.4, 0.5) is 5.69 Å². The van der Waals surface area contributed by atoms with Gasteiger partial charge in [0.25, 0.3) is 0 Å². The maximum Gasteiger partial charge on any atom is 0.127 e. The number of hydrogen-bond donors (Lipinski definition) is 0. The molecule has 1 fully saturated rings. The van der Waals surface area contributed by atoms with Crippen LogP contribution in [0, 0.1) is 0 Å². The van der Waals surface area contributed by atoms with Crippen molar-refractivity contribution in [2.45, 2.75) is 70.9 Å². The summed E-state index contributed by atoms with van der Waals surface area (Å²) >= 11 is 0. The van der Waals surface area contributed by atoms with Crippen molar-refractivity contribution in [3.8, 4) is 23.0 Å². The maximum absolute atomic E-state index is 6.62. The Morgan fingerprint density at radius 1 is 0.857 bits per heavy atom. The van der Waals surface area contributed by atoms with Crippen LogP contribution in [0.5, 0.6) is 23.0 Å². The number of nitrogens with zero attached hydrogens (tertiary/aromatic N) is 2. The molecule has 3 aromatic carbocycles. The van der Waals surface area contributed by atoms with Crippen LogP contribution in [-0.4, -0.2) is 57.5 Å². The molecular weight excluding hydrogens is 524 g/mol. The molecule has 2 aliphatic heterocycles.